The second kappa shape index (κ2) is 6.27. The maximum atomic E-state index is 12.6. The Hall–Kier alpha value is -2.22. The number of carbonyl (C=O) groups excluding carboxylic acids is 1. The predicted octanol–water partition coefficient (Wildman–Crippen LogP) is 2.93. The highest BCUT2D eigenvalue weighted by atomic mass is 16.2. The van der Waals surface area contributed by atoms with Gasteiger partial charge in [-0.25, -0.2) is 0 Å². The van der Waals surface area contributed by atoms with Gasteiger partial charge in [0, 0.05) is 37.9 Å². The Balaban J connectivity index is 1.54. The molecule has 3 rings (SSSR count). The summed E-state index contributed by atoms with van der Waals surface area (Å²) in [7, 11) is 0. The zero-order valence-corrected chi connectivity index (χ0v) is 12.6. The molecule has 0 spiro atoms. The lowest BCUT2D eigenvalue weighted by Crippen LogP contribution is -2.33. The van der Waals surface area contributed by atoms with Crippen molar-refractivity contribution in [1.82, 2.24) is 9.88 Å². The van der Waals surface area contributed by atoms with Crippen LogP contribution in [0.2, 0.25) is 0 Å². The Morgan fingerprint density at radius 1 is 1.36 bits per heavy atom. The molecule has 1 aliphatic carbocycles. The van der Waals surface area contributed by atoms with E-state index >= 15 is 0 Å². The molecule has 0 atom stereocenters. The minimum absolute atomic E-state index is 0.172. The fourth-order valence-electron chi connectivity index (χ4n) is 2.59. The van der Waals surface area contributed by atoms with Crippen molar-refractivity contribution in [2.45, 2.75) is 56.8 Å². The highest BCUT2D eigenvalue weighted by Gasteiger charge is 2.40. The average Bonchev–Trinajstić information content (AvgIpc) is 3.45. The van der Waals surface area contributed by atoms with Crippen LogP contribution in [0.25, 0.3) is 0 Å². The predicted molar refractivity (Wildman–Crippen MR) is 82.7 cm³/mol. The monoisotopic (exact) mass is 296 g/mol. The first-order valence-electron chi connectivity index (χ1n) is 7.79. The Kier molecular flexibility index (Phi) is 4.19. The molecule has 1 saturated carbocycles. The Morgan fingerprint density at radius 2 is 2.18 bits per heavy atom. The van der Waals surface area contributed by atoms with Gasteiger partial charge in [0.15, 0.2) is 5.66 Å². The average molecular weight is 296 g/mol. The number of carbonyl (C=O) groups is 1. The van der Waals surface area contributed by atoms with Crippen LogP contribution in [-0.4, -0.2) is 27.5 Å². The second-order valence-electron chi connectivity index (χ2n) is 5.96. The van der Waals surface area contributed by atoms with Gasteiger partial charge in [-0.15, -0.1) is 12.3 Å². The largest absolute Gasteiger partial charge is 0.334 e. The van der Waals surface area contributed by atoms with Crippen LogP contribution in [0.5, 0.6) is 0 Å². The van der Waals surface area contributed by atoms with Gasteiger partial charge in [0.05, 0.1) is 12.2 Å². The van der Waals surface area contributed by atoms with Gasteiger partial charge in [-0.2, -0.15) is 10.2 Å². The normalized spacial score (nSPS) is 17.8. The molecule has 5 heteroatoms. The van der Waals surface area contributed by atoms with Crippen LogP contribution in [0, 0.1) is 12.3 Å². The molecule has 22 heavy (non-hydrogen) atoms. The molecule has 1 fully saturated rings. The highest BCUT2D eigenvalue weighted by Crippen LogP contribution is 2.38. The van der Waals surface area contributed by atoms with Gasteiger partial charge in [-0.1, -0.05) is 6.07 Å². The van der Waals surface area contributed by atoms with Gasteiger partial charge in [0.25, 0.3) is 0 Å². The number of aromatic nitrogens is 1. The van der Waals surface area contributed by atoms with Gasteiger partial charge < -0.3 is 4.90 Å². The summed E-state index contributed by atoms with van der Waals surface area (Å²) in [6, 6.07) is 6.18. The fourth-order valence-corrected chi connectivity index (χ4v) is 2.59. The molecule has 1 aromatic heterocycles. The van der Waals surface area contributed by atoms with Crippen LogP contribution in [0.3, 0.4) is 0 Å². The van der Waals surface area contributed by atoms with Crippen molar-refractivity contribution in [1.29, 1.82) is 0 Å². The third kappa shape index (κ3) is 3.70. The van der Waals surface area contributed by atoms with Crippen LogP contribution in [0.4, 0.5) is 0 Å². The Labute approximate surface area is 130 Å². The van der Waals surface area contributed by atoms with Crippen molar-refractivity contribution in [2.75, 3.05) is 0 Å². The van der Waals surface area contributed by atoms with Crippen molar-refractivity contribution in [3.8, 4) is 12.3 Å². The van der Waals surface area contributed by atoms with E-state index in [-0.39, 0.29) is 11.6 Å². The SMILES string of the molecule is C#CCCC1(CCC(=O)N(Cc2ccccn2)C2CC2)N=N1. The molecule has 1 aromatic rings. The number of hydrogen-bond acceptors (Lipinski definition) is 4. The summed E-state index contributed by atoms with van der Waals surface area (Å²) in [5.41, 5.74) is 0.563. The summed E-state index contributed by atoms with van der Waals surface area (Å²) in [5.74, 6) is 2.78. The maximum absolute atomic E-state index is 12.6. The molecule has 0 aromatic carbocycles. The molecule has 2 aliphatic rings. The first-order chi connectivity index (χ1) is 10.7. The molecule has 1 aliphatic heterocycles. The first kappa shape index (κ1) is 14.7. The second-order valence-corrected chi connectivity index (χ2v) is 5.96. The van der Waals surface area contributed by atoms with E-state index in [9.17, 15) is 4.79 Å². The van der Waals surface area contributed by atoms with Crippen molar-refractivity contribution < 1.29 is 4.79 Å². The number of hydrogen-bond donors (Lipinski definition) is 0. The highest BCUT2D eigenvalue weighted by molar-refractivity contribution is 5.77. The standard InChI is InChI=1S/C17H20N4O/c1-2-3-10-17(19-20-17)11-9-16(22)21(15-7-8-15)13-14-6-4-5-12-18-14/h1,4-6,12,15H,3,7-11,13H2. The van der Waals surface area contributed by atoms with E-state index in [1.807, 2.05) is 23.1 Å². The zero-order chi connectivity index (χ0) is 15.4. The third-order valence-corrected chi connectivity index (χ3v) is 4.16. The zero-order valence-electron chi connectivity index (χ0n) is 12.6. The van der Waals surface area contributed by atoms with Crippen molar-refractivity contribution in [3.63, 3.8) is 0 Å². The summed E-state index contributed by atoms with van der Waals surface area (Å²) in [5, 5.41) is 8.19. The van der Waals surface area contributed by atoms with E-state index in [1.165, 1.54) is 0 Å². The fraction of sp³-hybridized carbons (Fsp3) is 0.529. The molecule has 0 radical (unpaired) electrons. The van der Waals surface area contributed by atoms with Gasteiger partial charge >= 0.3 is 0 Å². The number of nitrogens with zero attached hydrogens (tertiary/aromatic N) is 4. The number of terminal acetylenes is 1. The quantitative estimate of drug-likeness (QED) is 0.693. The van der Waals surface area contributed by atoms with E-state index in [4.69, 9.17) is 6.42 Å². The molecule has 1 amide bonds. The lowest BCUT2D eigenvalue weighted by Gasteiger charge is -2.22. The van der Waals surface area contributed by atoms with Gasteiger partial charge in [0.1, 0.15) is 0 Å². The summed E-state index contributed by atoms with van der Waals surface area (Å²) < 4.78 is 0. The molecule has 0 bridgehead atoms. The molecular formula is C17H20N4O. The van der Waals surface area contributed by atoms with Crippen molar-refractivity contribution in [3.05, 3.63) is 30.1 Å². The van der Waals surface area contributed by atoms with E-state index < -0.39 is 0 Å². The van der Waals surface area contributed by atoms with Crippen LogP contribution < -0.4 is 0 Å². The smallest absolute Gasteiger partial charge is 0.223 e. The molecular weight excluding hydrogens is 276 g/mol. The van der Waals surface area contributed by atoms with Crippen LogP contribution >= 0.6 is 0 Å². The van der Waals surface area contributed by atoms with Crippen LogP contribution in [-0.2, 0) is 11.3 Å². The van der Waals surface area contributed by atoms with Gasteiger partial charge in [-0.3, -0.25) is 9.78 Å². The molecule has 0 saturated heterocycles. The molecule has 114 valence electrons. The van der Waals surface area contributed by atoms with Gasteiger partial charge in [-0.05, 0) is 25.0 Å². The molecule has 0 unspecified atom stereocenters. The van der Waals surface area contributed by atoms with Crippen LogP contribution in [0.15, 0.2) is 34.6 Å². The summed E-state index contributed by atoms with van der Waals surface area (Å²) >= 11 is 0. The topological polar surface area (TPSA) is 57.9 Å². The summed E-state index contributed by atoms with van der Waals surface area (Å²) in [6.45, 7) is 0.593. The first-order valence-corrected chi connectivity index (χ1v) is 7.79. The number of amides is 1. The maximum Gasteiger partial charge on any atom is 0.223 e. The Morgan fingerprint density at radius 3 is 2.77 bits per heavy atom. The number of rotatable bonds is 8. The minimum atomic E-state index is -0.373. The molecule has 5 nitrogen and oxygen atoms in total. The van der Waals surface area contributed by atoms with Crippen LogP contribution in [0.1, 0.15) is 44.2 Å². The third-order valence-electron chi connectivity index (χ3n) is 4.16. The van der Waals surface area contributed by atoms with Crippen molar-refractivity contribution >= 4 is 5.91 Å². The molecule has 0 N–H and O–H groups in total. The van der Waals surface area contributed by atoms with E-state index in [0.29, 0.717) is 31.8 Å². The lowest BCUT2D eigenvalue weighted by atomic mass is 10.0. The van der Waals surface area contributed by atoms with Gasteiger partial charge in [0.2, 0.25) is 5.91 Å². The van der Waals surface area contributed by atoms with E-state index in [1.54, 1.807) is 6.20 Å². The van der Waals surface area contributed by atoms with Crippen molar-refractivity contribution in [2.24, 2.45) is 10.2 Å². The number of pyridine rings is 1. The van der Waals surface area contributed by atoms with E-state index in [2.05, 4.69) is 21.1 Å². The Bertz CT molecular complexity index is 595. The van der Waals surface area contributed by atoms with E-state index in [0.717, 1.165) is 25.0 Å². The molecule has 2 heterocycles. The minimum Gasteiger partial charge on any atom is -0.334 e. The lowest BCUT2D eigenvalue weighted by molar-refractivity contribution is -0.132. The summed E-state index contributed by atoms with van der Waals surface area (Å²) in [6.07, 6.45) is 11.8. The summed E-state index contributed by atoms with van der Waals surface area (Å²) in [4.78, 5) is 18.8.